The van der Waals surface area contributed by atoms with E-state index >= 15 is 0 Å². The van der Waals surface area contributed by atoms with Crippen LogP contribution in [0.4, 0.5) is 21.9 Å². The molecule has 5 rings (SSSR count). The summed E-state index contributed by atoms with van der Waals surface area (Å²) in [5.74, 6) is -0.0244. The van der Waals surface area contributed by atoms with Gasteiger partial charge in [-0.2, -0.15) is 0 Å². The van der Waals surface area contributed by atoms with Crippen LogP contribution in [-0.4, -0.2) is 11.8 Å². The van der Waals surface area contributed by atoms with Crippen LogP contribution in [0.25, 0.3) is 0 Å². The van der Waals surface area contributed by atoms with Gasteiger partial charge in [-0.15, -0.1) is 0 Å². The maximum absolute atomic E-state index is 13.8. The summed E-state index contributed by atoms with van der Waals surface area (Å²) in [4.78, 5) is 29.0. The molecule has 0 bridgehead atoms. The molecule has 6 nitrogen and oxygen atoms in total. The topological polar surface area (TPSA) is 74.6 Å². The van der Waals surface area contributed by atoms with Gasteiger partial charge in [0.05, 0.1) is 29.4 Å². The molecule has 1 aromatic heterocycles. The molecule has 34 heavy (non-hydrogen) atoms. The highest BCUT2D eigenvalue weighted by Gasteiger charge is 2.44. The first-order valence-corrected chi connectivity index (χ1v) is 11.7. The van der Waals surface area contributed by atoms with Crippen molar-refractivity contribution in [2.24, 2.45) is 5.41 Å². The Kier molecular flexibility index (Phi) is 5.66. The zero-order valence-corrected chi connectivity index (χ0v) is 20.2. The molecule has 0 radical (unpaired) electrons. The molecule has 0 saturated carbocycles. The smallest absolute Gasteiger partial charge is 0.327 e. The summed E-state index contributed by atoms with van der Waals surface area (Å²) in [6, 6.07) is 13.1. The fourth-order valence-corrected chi connectivity index (χ4v) is 5.26. The van der Waals surface area contributed by atoms with Crippen LogP contribution >= 0.6 is 23.2 Å². The van der Waals surface area contributed by atoms with E-state index in [1.54, 1.807) is 29.2 Å². The number of rotatable bonds is 2. The number of anilines is 3. The van der Waals surface area contributed by atoms with Crippen molar-refractivity contribution in [2.75, 3.05) is 15.5 Å². The molecule has 2 heterocycles. The van der Waals surface area contributed by atoms with Crippen molar-refractivity contribution in [1.29, 1.82) is 0 Å². The Morgan fingerprint density at radius 1 is 1.15 bits per heavy atom. The number of carbonyl (C=O) groups excluding carboxylic acids is 2. The Labute approximate surface area is 207 Å². The Morgan fingerprint density at radius 3 is 2.68 bits per heavy atom. The van der Waals surface area contributed by atoms with Crippen molar-refractivity contribution in [3.05, 3.63) is 87.9 Å². The zero-order chi connectivity index (χ0) is 24.0. The molecule has 0 saturated heterocycles. The average molecular weight is 496 g/mol. The van der Waals surface area contributed by atoms with Crippen molar-refractivity contribution in [2.45, 2.75) is 32.7 Å². The number of Topliss-reactive ketones (excluding diaryl/α,β-unsaturated/α-hetero) is 1. The third-order valence-electron chi connectivity index (χ3n) is 6.15. The van der Waals surface area contributed by atoms with Crippen LogP contribution in [0.1, 0.15) is 38.3 Å². The molecule has 8 heteroatoms. The van der Waals surface area contributed by atoms with E-state index in [0.717, 1.165) is 11.4 Å². The number of ketones is 1. The van der Waals surface area contributed by atoms with Crippen LogP contribution in [0.5, 0.6) is 0 Å². The normalized spacial score (nSPS) is 19.1. The summed E-state index contributed by atoms with van der Waals surface area (Å²) in [6.07, 6.45) is 3.95. The molecular formula is C26H23Cl2N3O3. The van der Waals surface area contributed by atoms with Gasteiger partial charge in [-0.25, -0.2) is 4.79 Å². The lowest BCUT2D eigenvalue weighted by Gasteiger charge is -2.37. The first-order valence-electron chi connectivity index (χ1n) is 10.9. The molecule has 0 fully saturated rings. The lowest BCUT2D eigenvalue weighted by molar-refractivity contribution is -0.118. The molecule has 2 aromatic carbocycles. The number of furan rings is 1. The van der Waals surface area contributed by atoms with E-state index in [1.807, 2.05) is 24.3 Å². The number of hydrogen-bond acceptors (Lipinski definition) is 4. The molecule has 1 aliphatic heterocycles. The molecule has 1 unspecified atom stereocenters. The van der Waals surface area contributed by atoms with E-state index in [0.29, 0.717) is 45.4 Å². The third kappa shape index (κ3) is 4.08. The second-order valence-corrected chi connectivity index (χ2v) is 10.2. The second-order valence-electron chi connectivity index (χ2n) is 9.36. The summed E-state index contributed by atoms with van der Waals surface area (Å²) in [5, 5.41) is 7.20. The number of carbonyl (C=O) groups is 2. The minimum absolute atomic E-state index is 0.0244. The summed E-state index contributed by atoms with van der Waals surface area (Å²) < 4.78 is 5.12. The highest BCUT2D eigenvalue weighted by Crippen LogP contribution is 2.49. The van der Waals surface area contributed by atoms with Gasteiger partial charge in [0.1, 0.15) is 6.26 Å². The molecule has 3 aromatic rings. The number of fused-ring (bicyclic) bond motifs is 1. The number of benzene rings is 2. The van der Waals surface area contributed by atoms with Gasteiger partial charge in [-0.05, 0) is 41.7 Å². The number of hydrogen-bond donors (Lipinski definition) is 2. The van der Waals surface area contributed by atoms with Gasteiger partial charge in [0.15, 0.2) is 5.78 Å². The van der Waals surface area contributed by atoms with E-state index in [9.17, 15) is 9.59 Å². The minimum Gasteiger partial charge on any atom is -0.470 e. The highest BCUT2D eigenvalue weighted by atomic mass is 35.5. The second kappa shape index (κ2) is 8.53. The maximum Gasteiger partial charge on any atom is 0.327 e. The fraction of sp³-hybridized carbons (Fsp3) is 0.231. The van der Waals surface area contributed by atoms with Gasteiger partial charge in [-0.3, -0.25) is 9.69 Å². The Balaban J connectivity index is 1.76. The molecule has 1 atom stereocenters. The first kappa shape index (κ1) is 22.6. The SMILES string of the molecule is CC1(C)CC(=O)C2=C(C1)Nc1ccccc1N(C(=O)Nc1ccoc1)C2c1ccc(Cl)cc1Cl. The lowest BCUT2D eigenvalue weighted by Crippen LogP contribution is -2.41. The minimum atomic E-state index is -0.758. The first-order chi connectivity index (χ1) is 16.2. The maximum atomic E-state index is 13.8. The Hall–Kier alpha value is -3.22. The predicted molar refractivity (Wildman–Crippen MR) is 135 cm³/mol. The number of nitrogens with one attached hydrogen (secondary N) is 2. The van der Waals surface area contributed by atoms with Crippen LogP contribution in [0.2, 0.25) is 10.0 Å². The summed E-state index contributed by atoms with van der Waals surface area (Å²) in [6.45, 7) is 4.14. The molecule has 2 N–H and O–H groups in total. The van der Waals surface area contributed by atoms with Gasteiger partial charge in [0, 0.05) is 33.8 Å². The van der Waals surface area contributed by atoms with Crippen molar-refractivity contribution in [3.63, 3.8) is 0 Å². The lowest BCUT2D eigenvalue weighted by atomic mass is 9.73. The van der Waals surface area contributed by atoms with Crippen molar-refractivity contribution >= 4 is 52.1 Å². The van der Waals surface area contributed by atoms with Crippen LogP contribution in [0.15, 0.2) is 76.7 Å². The molecule has 0 spiro atoms. The summed E-state index contributed by atoms with van der Waals surface area (Å²) in [5.41, 5.74) is 3.58. The van der Waals surface area contributed by atoms with Crippen LogP contribution in [-0.2, 0) is 4.79 Å². The molecule has 2 aliphatic rings. The molecule has 174 valence electrons. The van der Waals surface area contributed by atoms with E-state index < -0.39 is 12.1 Å². The Morgan fingerprint density at radius 2 is 1.94 bits per heavy atom. The predicted octanol–water partition coefficient (Wildman–Crippen LogP) is 7.43. The standard InChI is InChI=1S/C26H23Cl2N3O3/c1-26(2)12-20-23(22(32)13-26)24(17-8-7-15(27)11-18(17)28)31(21-6-4-3-5-19(21)30-20)25(33)29-16-9-10-34-14-16/h3-11,14,24,30H,12-13H2,1-2H3,(H,29,33). The van der Waals surface area contributed by atoms with Gasteiger partial charge in [0.25, 0.3) is 0 Å². The van der Waals surface area contributed by atoms with E-state index in [2.05, 4.69) is 24.5 Å². The summed E-state index contributed by atoms with van der Waals surface area (Å²) >= 11 is 12.9. The number of halogens is 2. The highest BCUT2D eigenvalue weighted by molar-refractivity contribution is 6.35. The van der Waals surface area contributed by atoms with E-state index in [4.69, 9.17) is 27.6 Å². The third-order valence-corrected chi connectivity index (χ3v) is 6.71. The molecule has 2 amide bonds. The summed E-state index contributed by atoms with van der Waals surface area (Å²) in [7, 11) is 0. The fourth-order valence-electron chi connectivity index (χ4n) is 4.75. The van der Waals surface area contributed by atoms with Gasteiger partial charge < -0.3 is 15.1 Å². The zero-order valence-electron chi connectivity index (χ0n) is 18.7. The van der Waals surface area contributed by atoms with E-state index in [1.165, 1.54) is 12.5 Å². The van der Waals surface area contributed by atoms with Crippen molar-refractivity contribution in [3.8, 4) is 0 Å². The quantitative estimate of drug-likeness (QED) is 0.387. The van der Waals surface area contributed by atoms with Crippen molar-refractivity contribution in [1.82, 2.24) is 0 Å². The number of nitrogens with zero attached hydrogens (tertiary/aromatic N) is 1. The largest absolute Gasteiger partial charge is 0.470 e. The number of urea groups is 1. The Bertz CT molecular complexity index is 1310. The van der Waals surface area contributed by atoms with Crippen LogP contribution in [0, 0.1) is 5.41 Å². The number of allylic oxidation sites excluding steroid dienone is 1. The van der Waals surface area contributed by atoms with Gasteiger partial charge >= 0.3 is 6.03 Å². The average Bonchev–Trinajstić information content (AvgIpc) is 3.21. The van der Waals surface area contributed by atoms with Gasteiger partial charge in [-0.1, -0.05) is 55.2 Å². The molecule has 1 aliphatic carbocycles. The van der Waals surface area contributed by atoms with Gasteiger partial charge in [0.2, 0.25) is 0 Å². The van der Waals surface area contributed by atoms with Crippen molar-refractivity contribution < 1.29 is 14.0 Å². The number of para-hydroxylation sites is 2. The number of amides is 2. The van der Waals surface area contributed by atoms with Crippen LogP contribution in [0.3, 0.4) is 0 Å². The van der Waals surface area contributed by atoms with E-state index in [-0.39, 0.29) is 11.2 Å². The molecular weight excluding hydrogens is 473 g/mol. The monoisotopic (exact) mass is 495 g/mol. The van der Waals surface area contributed by atoms with Crippen LogP contribution < -0.4 is 15.5 Å².